The van der Waals surface area contributed by atoms with Crippen molar-refractivity contribution in [1.29, 1.82) is 0 Å². The van der Waals surface area contributed by atoms with E-state index < -0.39 is 0 Å². The molecule has 2 amide bonds. The maximum atomic E-state index is 12.4. The normalized spacial score (nSPS) is 16.4. The summed E-state index contributed by atoms with van der Waals surface area (Å²) in [5, 5.41) is 3.42. The maximum Gasteiger partial charge on any atom is 0.261 e. The van der Waals surface area contributed by atoms with E-state index in [2.05, 4.69) is 45.6 Å². The Morgan fingerprint density at radius 3 is 2.26 bits per heavy atom. The molecule has 0 unspecified atom stereocenters. The van der Waals surface area contributed by atoms with Crippen molar-refractivity contribution < 1.29 is 9.59 Å². The highest BCUT2D eigenvalue weighted by atomic mass is 16.2. The molecule has 2 heterocycles. The number of imide groups is 1. The Labute approximate surface area is 183 Å². The van der Waals surface area contributed by atoms with Gasteiger partial charge in [0.25, 0.3) is 11.8 Å². The second-order valence-electron chi connectivity index (χ2n) is 7.78. The predicted molar refractivity (Wildman–Crippen MR) is 123 cm³/mol. The van der Waals surface area contributed by atoms with Gasteiger partial charge in [-0.05, 0) is 42.5 Å². The first-order valence-electron chi connectivity index (χ1n) is 10.8. The molecule has 0 fully saturated rings. The van der Waals surface area contributed by atoms with Gasteiger partial charge in [0.15, 0.2) is 5.96 Å². The summed E-state index contributed by atoms with van der Waals surface area (Å²) in [7, 11) is 1.80. The van der Waals surface area contributed by atoms with Crippen molar-refractivity contribution in [2.75, 3.05) is 33.2 Å². The summed E-state index contributed by atoms with van der Waals surface area (Å²) in [6, 6.07) is 17.5. The number of nitrogens with zero attached hydrogens (tertiary/aromatic N) is 3. The third-order valence-electron chi connectivity index (χ3n) is 5.83. The molecule has 1 N–H and O–H groups in total. The number of rotatable bonds is 6. The first-order chi connectivity index (χ1) is 15.2. The molecule has 0 saturated carbocycles. The molecule has 31 heavy (non-hydrogen) atoms. The van der Waals surface area contributed by atoms with Crippen LogP contribution in [0.2, 0.25) is 0 Å². The van der Waals surface area contributed by atoms with Gasteiger partial charge in [0.2, 0.25) is 0 Å². The lowest BCUT2D eigenvalue weighted by Crippen LogP contribution is -2.43. The molecule has 6 nitrogen and oxygen atoms in total. The van der Waals surface area contributed by atoms with Crippen LogP contribution in [0.5, 0.6) is 0 Å². The van der Waals surface area contributed by atoms with E-state index in [1.807, 2.05) is 6.07 Å². The van der Waals surface area contributed by atoms with Crippen molar-refractivity contribution in [2.24, 2.45) is 4.99 Å². The molecule has 4 rings (SSSR count). The SMILES string of the molecule is CN=C(NCCCCN1C(=O)c2ccccc2C1=O)N1CC=C(c2ccccc2)CC1. The second kappa shape index (κ2) is 9.60. The van der Waals surface area contributed by atoms with Crippen LogP contribution in [0.25, 0.3) is 5.57 Å². The van der Waals surface area contributed by atoms with Gasteiger partial charge in [0.1, 0.15) is 0 Å². The number of hydrogen-bond donors (Lipinski definition) is 1. The van der Waals surface area contributed by atoms with Crippen LogP contribution in [0.3, 0.4) is 0 Å². The topological polar surface area (TPSA) is 65.0 Å². The number of carbonyl (C=O) groups is 2. The highest BCUT2D eigenvalue weighted by Crippen LogP contribution is 2.23. The fraction of sp³-hybridized carbons (Fsp3) is 0.320. The minimum Gasteiger partial charge on any atom is -0.356 e. The Balaban J connectivity index is 1.22. The van der Waals surface area contributed by atoms with Crippen molar-refractivity contribution >= 4 is 23.3 Å². The van der Waals surface area contributed by atoms with E-state index >= 15 is 0 Å². The summed E-state index contributed by atoms with van der Waals surface area (Å²) in [6.07, 6.45) is 4.87. The molecule has 0 aromatic heterocycles. The summed E-state index contributed by atoms with van der Waals surface area (Å²) in [4.78, 5) is 32.9. The molecule has 0 bridgehead atoms. The zero-order valence-electron chi connectivity index (χ0n) is 17.9. The lowest BCUT2D eigenvalue weighted by Gasteiger charge is -2.30. The Morgan fingerprint density at radius 2 is 1.65 bits per heavy atom. The number of carbonyl (C=O) groups excluding carboxylic acids is 2. The Kier molecular flexibility index (Phi) is 6.46. The zero-order valence-corrected chi connectivity index (χ0v) is 17.9. The van der Waals surface area contributed by atoms with Gasteiger partial charge >= 0.3 is 0 Å². The Hall–Kier alpha value is -3.41. The van der Waals surface area contributed by atoms with Crippen LogP contribution in [-0.4, -0.2) is 60.8 Å². The van der Waals surface area contributed by atoms with Crippen LogP contribution in [0.15, 0.2) is 65.7 Å². The van der Waals surface area contributed by atoms with Crippen molar-refractivity contribution in [2.45, 2.75) is 19.3 Å². The average molecular weight is 417 g/mol. The fourth-order valence-corrected chi connectivity index (χ4v) is 4.15. The smallest absolute Gasteiger partial charge is 0.261 e. The number of hydrogen-bond acceptors (Lipinski definition) is 3. The standard InChI is InChI=1S/C25H28N4O2/c1-26-25(28-17-13-20(14-18-28)19-9-3-2-4-10-19)27-15-7-8-16-29-23(30)21-11-5-6-12-22(21)24(29)31/h2-6,9-13H,7-8,14-18H2,1H3,(H,26,27). The molecule has 2 aromatic rings. The van der Waals surface area contributed by atoms with Crippen LogP contribution in [0.4, 0.5) is 0 Å². The summed E-state index contributed by atoms with van der Waals surface area (Å²) in [6.45, 7) is 2.95. The highest BCUT2D eigenvalue weighted by Gasteiger charge is 2.34. The zero-order chi connectivity index (χ0) is 21.6. The summed E-state index contributed by atoms with van der Waals surface area (Å²) < 4.78 is 0. The lowest BCUT2D eigenvalue weighted by atomic mass is 10.00. The van der Waals surface area contributed by atoms with Gasteiger partial charge in [-0.15, -0.1) is 0 Å². The number of benzene rings is 2. The van der Waals surface area contributed by atoms with Gasteiger partial charge in [-0.2, -0.15) is 0 Å². The van der Waals surface area contributed by atoms with Crippen LogP contribution >= 0.6 is 0 Å². The molecular formula is C25H28N4O2. The van der Waals surface area contributed by atoms with E-state index in [1.54, 1.807) is 31.3 Å². The Bertz CT molecular complexity index is 978. The molecule has 0 saturated heterocycles. The summed E-state index contributed by atoms with van der Waals surface area (Å²) in [5.74, 6) is 0.529. The number of nitrogens with one attached hydrogen (secondary N) is 1. The largest absolute Gasteiger partial charge is 0.356 e. The van der Waals surface area contributed by atoms with Crippen molar-refractivity contribution in [1.82, 2.24) is 15.1 Å². The monoisotopic (exact) mass is 416 g/mol. The molecule has 2 aromatic carbocycles. The summed E-state index contributed by atoms with van der Waals surface area (Å²) in [5.41, 5.74) is 3.70. The number of fused-ring (bicyclic) bond motifs is 1. The number of unbranched alkanes of at least 4 members (excludes halogenated alkanes) is 1. The van der Waals surface area contributed by atoms with E-state index in [9.17, 15) is 9.59 Å². The van der Waals surface area contributed by atoms with Gasteiger partial charge in [-0.25, -0.2) is 0 Å². The first-order valence-corrected chi connectivity index (χ1v) is 10.8. The fourth-order valence-electron chi connectivity index (χ4n) is 4.15. The van der Waals surface area contributed by atoms with E-state index in [4.69, 9.17) is 0 Å². The summed E-state index contributed by atoms with van der Waals surface area (Å²) >= 11 is 0. The number of amides is 2. The molecule has 2 aliphatic rings. The molecule has 2 aliphatic heterocycles. The third kappa shape index (κ3) is 4.53. The molecule has 6 heteroatoms. The van der Waals surface area contributed by atoms with Gasteiger partial charge in [-0.3, -0.25) is 19.5 Å². The van der Waals surface area contributed by atoms with Gasteiger partial charge in [-0.1, -0.05) is 48.5 Å². The van der Waals surface area contributed by atoms with Crippen LogP contribution < -0.4 is 5.32 Å². The van der Waals surface area contributed by atoms with Crippen LogP contribution in [0, 0.1) is 0 Å². The molecule has 0 spiro atoms. The minimum absolute atomic E-state index is 0.182. The number of guanidine groups is 1. The van der Waals surface area contributed by atoms with Crippen molar-refractivity contribution in [3.63, 3.8) is 0 Å². The van der Waals surface area contributed by atoms with Crippen LogP contribution in [-0.2, 0) is 0 Å². The minimum atomic E-state index is -0.182. The quantitative estimate of drug-likeness (QED) is 0.339. The van der Waals surface area contributed by atoms with E-state index in [1.165, 1.54) is 16.0 Å². The molecular weight excluding hydrogens is 388 g/mol. The van der Waals surface area contributed by atoms with Crippen molar-refractivity contribution in [3.05, 3.63) is 77.4 Å². The lowest BCUT2D eigenvalue weighted by molar-refractivity contribution is 0.0652. The van der Waals surface area contributed by atoms with E-state index in [-0.39, 0.29) is 11.8 Å². The van der Waals surface area contributed by atoms with Crippen LogP contribution in [0.1, 0.15) is 45.5 Å². The van der Waals surface area contributed by atoms with Crippen molar-refractivity contribution in [3.8, 4) is 0 Å². The maximum absolute atomic E-state index is 12.4. The first kappa shape index (κ1) is 20.8. The number of aliphatic imine (C=N–C) groups is 1. The van der Waals surface area contributed by atoms with Gasteiger partial charge in [0, 0.05) is 33.2 Å². The van der Waals surface area contributed by atoms with E-state index in [0.717, 1.165) is 44.9 Å². The predicted octanol–water partition coefficient (Wildman–Crippen LogP) is 3.43. The van der Waals surface area contributed by atoms with Gasteiger partial charge < -0.3 is 10.2 Å². The Morgan fingerprint density at radius 1 is 0.968 bits per heavy atom. The van der Waals surface area contributed by atoms with Gasteiger partial charge in [0.05, 0.1) is 11.1 Å². The van der Waals surface area contributed by atoms with E-state index in [0.29, 0.717) is 17.7 Å². The third-order valence-corrected chi connectivity index (χ3v) is 5.83. The molecule has 160 valence electrons. The molecule has 0 atom stereocenters. The highest BCUT2D eigenvalue weighted by molar-refractivity contribution is 6.21. The second-order valence-corrected chi connectivity index (χ2v) is 7.78. The average Bonchev–Trinajstić information content (AvgIpc) is 3.07. The molecule has 0 aliphatic carbocycles. The molecule has 0 radical (unpaired) electrons.